The van der Waals surface area contributed by atoms with Crippen LogP contribution in [0, 0.1) is 0 Å². The number of rotatable bonds is 8. The molecule has 0 fully saturated rings. The van der Waals surface area contributed by atoms with Crippen LogP contribution in [-0.4, -0.2) is 35.3 Å². The standard InChI is InChI=1S/C19H24ClN3O3/c1-13(2)18-16(19(25)21-10-5-4-9-17(24)26-3)12-22-23(18)15-8-6-7-14(20)11-15/h6-8,11-13H,4-5,9-10H2,1-3H3,(H,21,25). The quantitative estimate of drug-likeness (QED) is 0.562. The molecule has 0 atom stereocenters. The fourth-order valence-corrected chi connectivity index (χ4v) is 2.88. The highest BCUT2D eigenvalue weighted by molar-refractivity contribution is 6.30. The summed E-state index contributed by atoms with van der Waals surface area (Å²) in [7, 11) is 1.37. The Hall–Kier alpha value is -2.34. The van der Waals surface area contributed by atoms with E-state index in [1.54, 1.807) is 16.9 Å². The van der Waals surface area contributed by atoms with E-state index in [9.17, 15) is 9.59 Å². The van der Waals surface area contributed by atoms with Crippen LogP contribution in [0.15, 0.2) is 30.5 Å². The topological polar surface area (TPSA) is 73.2 Å². The minimum absolute atomic E-state index is 0.108. The highest BCUT2D eigenvalue weighted by Gasteiger charge is 2.20. The maximum Gasteiger partial charge on any atom is 0.305 e. The first-order valence-corrected chi connectivity index (χ1v) is 9.00. The molecule has 0 aliphatic rings. The number of esters is 1. The second-order valence-electron chi connectivity index (χ2n) is 6.28. The summed E-state index contributed by atoms with van der Waals surface area (Å²) in [6.07, 6.45) is 3.32. The lowest BCUT2D eigenvalue weighted by atomic mass is 10.0. The van der Waals surface area contributed by atoms with Gasteiger partial charge in [-0.05, 0) is 37.0 Å². The number of unbranched alkanes of at least 4 members (excludes halogenated alkanes) is 1. The molecule has 0 aliphatic carbocycles. The Morgan fingerprint density at radius 1 is 1.31 bits per heavy atom. The predicted molar refractivity (Wildman–Crippen MR) is 101 cm³/mol. The zero-order valence-electron chi connectivity index (χ0n) is 15.3. The van der Waals surface area contributed by atoms with Crippen molar-refractivity contribution in [2.45, 2.75) is 39.0 Å². The molecule has 2 aromatic rings. The van der Waals surface area contributed by atoms with Crippen molar-refractivity contribution in [2.24, 2.45) is 0 Å². The van der Waals surface area contributed by atoms with Crippen molar-refractivity contribution in [2.75, 3.05) is 13.7 Å². The van der Waals surface area contributed by atoms with Gasteiger partial charge in [0.1, 0.15) is 0 Å². The number of carbonyl (C=O) groups excluding carboxylic acids is 2. The van der Waals surface area contributed by atoms with Gasteiger partial charge in [0, 0.05) is 18.0 Å². The van der Waals surface area contributed by atoms with Crippen molar-refractivity contribution < 1.29 is 14.3 Å². The zero-order valence-corrected chi connectivity index (χ0v) is 16.0. The average Bonchev–Trinajstić information content (AvgIpc) is 3.06. The summed E-state index contributed by atoms with van der Waals surface area (Å²) in [6, 6.07) is 7.37. The number of methoxy groups -OCH3 is 1. The van der Waals surface area contributed by atoms with E-state index in [0.717, 1.165) is 11.4 Å². The molecule has 0 spiro atoms. The zero-order chi connectivity index (χ0) is 19.1. The number of nitrogens with one attached hydrogen (secondary N) is 1. The Morgan fingerprint density at radius 2 is 2.08 bits per heavy atom. The maximum atomic E-state index is 12.6. The van der Waals surface area contributed by atoms with Crippen LogP contribution in [0.3, 0.4) is 0 Å². The minimum Gasteiger partial charge on any atom is -0.469 e. The number of aromatic nitrogens is 2. The summed E-state index contributed by atoms with van der Waals surface area (Å²) in [5.41, 5.74) is 2.20. The van der Waals surface area contributed by atoms with Crippen LogP contribution in [0.4, 0.5) is 0 Å². The molecule has 0 saturated heterocycles. The van der Waals surface area contributed by atoms with Crippen molar-refractivity contribution in [1.82, 2.24) is 15.1 Å². The normalized spacial score (nSPS) is 10.8. The average molecular weight is 378 g/mol. The van der Waals surface area contributed by atoms with E-state index in [1.807, 2.05) is 32.0 Å². The van der Waals surface area contributed by atoms with Crippen molar-refractivity contribution in [3.63, 3.8) is 0 Å². The number of hydrogen-bond donors (Lipinski definition) is 1. The molecule has 1 heterocycles. The largest absolute Gasteiger partial charge is 0.469 e. The summed E-state index contributed by atoms with van der Waals surface area (Å²) in [5, 5.41) is 7.89. The Bertz CT molecular complexity index is 771. The molecule has 140 valence electrons. The van der Waals surface area contributed by atoms with Gasteiger partial charge in [0.2, 0.25) is 0 Å². The lowest BCUT2D eigenvalue weighted by Crippen LogP contribution is -2.25. The number of amides is 1. The van der Waals surface area contributed by atoms with Crippen molar-refractivity contribution >= 4 is 23.5 Å². The Kier molecular flexibility index (Phi) is 7.21. The molecule has 0 bridgehead atoms. The van der Waals surface area contributed by atoms with E-state index in [0.29, 0.717) is 36.4 Å². The van der Waals surface area contributed by atoms with E-state index in [-0.39, 0.29) is 17.8 Å². The van der Waals surface area contributed by atoms with Gasteiger partial charge in [0.05, 0.1) is 30.3 Å². The first-order chi connectivity index (χ1) is 12.4. The molecule has 26 heavy (non-hydrogen) atoms. The molecule has 6 nitrogen and oxygen atoms in total. The van der Waals surface area contributed by atoms with Gasteiger partial charge in [-0.15, -0.1) is 0 Å². The third-order valence-corrected chi connectivity index (χ3v) is 4.21. The van der Waals surface area contributed by atoms with Gasteiger partial charge in [-0.25, -0.2) is 4.68 Å². The first kappa shape index (κ1) is 20.0. The first-order valence-electron chi connectivity index (χ1n) is 8.63. The van der Waals surface area contributed by atoms with Gasteiger partial charge in [-0.1, -0.05) is 31.5 Å². The second kappa shape index (κ2) is 9.38. The molecule has 0 aliphatic heterocycles. The van der Waals surface area contributed by atoms with Crippen molar-refractivity contribution in [1.29, 1.82) is 0 Å². The number of benzene rings is 1. The number of carbonyl (C=O) groups is 2. The van der Waals surface area contributed by atoms with E-state index in [1.165, 1.54) is 7.11 Å². The Labute approximate surface area is 158 Å². The van der Waals surface area contributed by atoms with Crippen LogP contribution >= 0.6 is 11.6 Å². The van der Waals surface area contributed by atoms with Crippen LogP contribution in [-0.2, 0) is 9.53 Å². The molecule has 0 unspecified atom stereocenters. The fourth-order valence-electron chi connectivity index (χ4n) is 2.70. The van der Waals surface area contributed by atoms with E-state index in [4.69, 9.17) is 11.6 Å². The summed E-state index contributed by atoms with van der Waals surface area (Å²) in [5.74, 6) is -0.294. The molecule has 0 radical (unpaired) electrons. The Balaban J connectivity index is 2.07. The highest BCUT2D eigenvalue weighted by Crippen LogP contribution is 2.24. The monoisotopic (exact) mass is 377 g/mol. The number of nitrogens with zero attached hydrogens (tertiary/aromatic N) is 2. The van der Waals surface area contributed by atoms with Crippen molar-refractivity contribution in [3.8, 4) is 5.69 Å². The molecule has 0 saturated carbocycles. The van der Waals surface area contributed by atoms with Gasteiger partial charge in [-0.3, -0.25) is 9.59 Å². The van der Waals surface area contributed by atoms with Gasteiger partial charge in [0.25, 0.3) is 5.91 Å². The van der Waals surface area contributed by atoms with E-state index < -0.39 is 0 Å². The third kappa shape index (κ3) is 5.08. The van der Waals surface area contributed by atoms with Gasteiger partial charge in [0.15, 0.2) is 0 Å². The van der Waals surface area contributed by atoms with Crippen LogP contribution in [0.25, 0.3) is 5.69 Å². The third-order valence-electron chi connectivity index (χ3n) is 3.97. The van der Waals surface area contributed by atoms with E-state index >= 15 is 0 Å². The second-order valence-corrected chi connectivity index (χ2v) is 6.72. The molecular formula is C19H24ClN3O3. The summed E-state index contributed by atoms with van der Waals surface area (Å²) < 4.78 is 6.35. The van der Waals surface area contributed by atoms with Crippen LogP contribution in [0.5, 0.6) is 0 Å². The molecule has 2 rings (SSSR count). The fraction of sp³-hybridized carbons (Fsp3) is 0.421. The summed E-state index contributed by atoms with van der Waals surface area (Å²) in [6.45, 7) is 4.53. The minimum atomic E-state index is -0.235. The highest BCUT2D eigenvalue weighted by atomic mass is 35.5. The maximum absolute atomic E-state index is 12.6. The number of halogens is 1. The summed E-state index contributed by atoms with van der Waals surface area (Å²) >= 11 is 6.07. The van der Waals surface area contributed by atoms with Crippen LogP contribution in [0.2, 0.25) is 5.02 Å². The number of ether oxygens (including phenoxy) is 1. The van der Waals surface area contributed by atoms with E-state index in [2.05, 4.69) is 15.2 Å². The van der Waals surface area contributed by atoms with Crippen LogP contribution < -0.4 is 5.32 Å². The smallest absolute Gasteiger partial charge is 0.305 e. The number of hydrogen-bond acceptors (Lipinski definition) is 4. The van der Waals surface area contributed by atoms with Crippen LogP contribution in [0.1, 0.15) is 55.1 Å². The lowest BCUT2D eigenvalue weighted by molar-refractivity contribution is -0.140. The predicted octanol–water partition coefficient (Wildman–Crippen LogP) is 3.72. The van der Waals surface area contributed by atoms with Crippen molar-refractivity contribution in [3.05, 3.63) is 46.7 Å². The van der Waals surface area contributed by atoms with Gasteiger partial charge < -0.3 is 10.1 Å². The molecule has 7 heteroatoms. The molecule has 1 N–H and O–H groups in total. The Morgan fingerprint density at radius 3 is 2.73 bits per heavy atom. The molecule has 1 amide bonds. The summed E-state index contributed by atoms with van der Waals surface area (Å²) in [4.78, 5) is 23.6. The van der Waals surface area contributed by atoms with Gasteiger partial charge >= 0.3 is 5.97 Å². The lowest BCUT2D eigenvalue weighted by Gasteiger charge is -2.13. The molecule has 1 aromatic heterocycles. The van der Waals surface area contributed by atoms with Gasteiger partial charge in [-0.2, -0.15) is 5.10 Å². The SMILES string of the molecule is COC(=O)CCCCNC(=O)c1cnn(-c2cccc(Cl)c2)c1C(C)C. The molecular weight excluding hydrogens is 354 g/mol. The molecule has 1 aromatic carbocycles.